The third-order valence-corrected chi connectivity index (χ3v) is 3.74. The van der Waals surface area contributed by atoms with Gasteiger partial charge in [-0.1, -0.05) is 38.0 Å². The van der Waals surface area contributed by atoms with Crippen LogP contribution in [0.5, 0.6) is 5.75 Å². The van der Waals surface area contributed by atoms with E-state index >= 15 is 0 Å². The number of hydrogen-bond acceptors (Lipinski definition) is 3. The Kier molecular flexibility index (Phi) is 5.41. The topological polar surface area (TPSA) is 58.6 Å². The minimum atomic E-state index is -0.508. The number of nitrogens with one attached hydrogen (secondary N) is 1. The summed E-state index contributed by atoms with van der Waals surface area (Å²) in [5.74, 6) is 0.556. The molecule has 0 aromatic heterocycles. The van der Waals surface area contributed by atoms with E-state index in [1.165, 1.54) is 0 Å². The molecule has 2 N–H and O–H groups in total. The molecule has 1 fully saturated rings. The largest absolute Gasteiger partial charge is 0.481 e. The van der Waals surface area contributed by atoms with Crippen molar-refractivity contribution < 1.29 is 14.6 Å². The van der Waals surface area contributed by atoms with Gasteiger partial charge in [0.25, 0.3) is 5.91 Å². The Morgan fingerprint density at radius 1 is 1.35 bits per heavy atom. The first-order valence-corrected chi connectivity index (χ1v) is 7.41. The van der Waals surface area contributed by atoms with Crippen molar-refractivity contribution in [3.8, 4) is 5.75 Å². The molecule has 0 spiro atoms. The number of benzene rings is 1. The minimum Gasteiger partial charge on any atom is -0.481 e. The van der Waals surface area contributed by atoms with E-state index in [2.05, 4.69) is 5.32 Å². The number of ether oxygens (including phenoxy) is 1. The number of aliphatic hydroxyl groups excluding tert-OH is 1. The molecule has 1 aliphatic carbocycles. The highest BCUT2D eigenvalue weighted by Gasteiger charge is 2.27. The van der Waals surface area contributed by atoms with Crippen LogP contribution in [0.2, 0.25) is 0 Å². The lowest BCUT2D eigenvalue weighted by molar-refractivity contribution is -0.130. The predicted molar refractivity (Wildman–Crippen MR) is 77.6 cm³/mol. The van der Waals surface area contributed by atoms with Crippen molar-refractivity contribution in [3.05, 3.63) is 30.3 Å². The molecule has 0 heterocycles. The Morgan fingerprint density at radius 2 is 2.05 bits per heavy atom. The monoisotopic (exact) mass is 277 g/mol. The molecule has 110 valence electrons. The second kappa shape index (κ2) is 7.29. The number of carbonyl (C=O) groups excluding carboxylic acids is 1. The van der Waals surface area contributed by atoms with Crippen LogP contribution >= 0.6 is 0 Å². The summed E-state index contributed by atoms with van der Waals surface area (Å²) in [5.41, 5.74) is 0. The Hall–Kier alpha value is -1.55. The van der Waals surface area contributed by atoms with Gasteiger partial charge in [0.05, 0.1) is 12.1 Å². The summed E-state index contributed by atoms with van der Waals surface area (Å²) in [6.07, 6.45) is 3.36. The summed E-state index contributed by atoms with van der Waals surface area (Å²) in [5, 5.41) is 12.8. The fraction of sp³-hybridized carbons (Fsp3) is 0.562. The van der Waals surface area contributed by atoms with E-state index < -0.39 is 12.2 Å². The van der Waals surface area contributed by atoms with Crippen molar-refractivity contribution in [1.82, 2.24) is 5.32 Å². The van der Waals surface area contributed by atoms with Crippen LogP contribution in [0.4, 0.5) is 0 Å². The van der Waals surface area contributed by atoms with Gasteiger partial charge in [-0.3, -0.25) is 4.79 Å². The van der Waals surface area contributed by atoms with E-state index in [0.29, 0.717) is 12.2 Å². The van der Waals surface area contributed by atoms with E-state index in [1.807, 2.05) is 37.3 Å². The molecule has 2 rings (SSSR count). The Balaban J connectivity index is 1.91. The van der Waals surface area contributed by atoms with E-state index in [4.69, 9.17) is 4.74 Å². The summed E-state index contributed by atoms with van der Waals surface area (Å²) in [7, 11) is 0. The highest BCUT2D eigenvalue weighted by Crippen LogP contribution is 2.19. The van der Waals surface area contributed by atoms with Gasteiger partial charge in [0.1, 0.15) is 5.75 Å². The third-order valence-electron chi connectivity index (χ3n) is 3.74. The number of aliphatic hydroxyl groups is 1. The van der Waals surface area contributed by atoms with Crippen molar-refractivity contribution in [2.75, 3.05) is 0 Å². The van der Waals surface area contributed by atoms with Crippen LogP contribution in [0.1, 0.15) is 39.0 Å². The zero-order valence-electron chi connectivity index (χ0n) is 11.9. The highest BCUT2D eigenvalue weighted by atomic mass is 16.5. The number of carbonyl (C=O) groups is 1. The molecular formula is C16H23NO3. The van der Waals surface area contributed by atoms with Gasteiger partial charge in [-0.2, -0.15) is 0 Å². The normalized spacial score (nSPS) is 23.9. The molecule has 4 nitrogen and oxygen atoms in total. The lowest BCUT2D eigenvalue weighted by atomic mass is 9.92. The van der Waals surface area contributed by atoms with Crippen LogP contribution in [0.3, 0.4) is 0 Å². The summed E-state index contributed by atoms with van der Waals surface area (Å²) in [6.45, 7) is 1.92. The molecule has 0 saturated heterocycles. The van der Waals surface area contributed by atoms with Crippen LogP contribution in [0.25, 0.3) is 0 Å². The number of para-hydroxylation sites is 1. The van der Waals surface area contributed by atoms with Gasteiger partial charge < -0.3 is 15.2 Å². The maximum Gasteiger partial charge on any atom is 0.261 e. The molecule has 20 heavy (non-hydrogen) atoms. The molecular weight excluding hydrogens is 254 g/mol. The van der Waals surface area contributed by atoms with Gasteiger partial charge in [-0.25, -0.2) is 0 Å². The second-order valence-electron chi connectivity index (χ2n) is 5.29. The minimum absolute atomic E-state index is 0.135. The first kappa shape index (κ1) is 14.9. The van der Waals surface area contributed by atoms with Crippen molar-refractivity contribution in [3.63, 3.8) is 0 Å². The number of rotatable bonds is 5. The quantitative estimate of drug-likeness (QED) is 0.868. The summed E-state index contributed by atoms with van der Waals surface area (Å²) in [4.78, 5) is 12.2. The lowest BCUT2D eigenvalue weighted by Crippen LogP contribution is -2.49. The van der Waals surface area contributed by atoms with E-state index in [0.717, 1.165) is 25.7 Å². The molecule has 1 saturated carbocycles. The summed E-state index contributed by atoms with van der Waals surface area (Å²) >= 11 is 0. The van der Waals surface area contributed by atoms with Crippen molar-refractivity contribution >= 4 is 5.91 Å². The molecule has 0 aliphatic heterocycles. The summed E-state index contributed by atoms with van der Waals surface area (Å²) < 4.78 is 5.71. The molecule has 1 aromatic carbocycles. The standard InChI is InChI=1S/C16H23NO3/c1-2-15(20-12-8-4-3-5-9-12)16(19)17-13-10-6-7-11-14(13)18/h3-5,8-9,13-15,18H,2,6-7,10-11H2,1H3,(H,17,19)/t13-,14-,15?/m0/s1. The zero-order chi connectivity index (χ0) is 14.4. The predicted octanol–water partition coefficient (Wildman–Crippen LogP) is 2.26. The Bertz CT molecular complexity index is 421. The van der Waals surface area contributed by atoms with Crippen LogP contribution in [-0.2, 0) is 4.79 Å². The van der Waals surface area contributed by atoms with Gasteiger partial charge in [0.15, 0.2) is 6.10 Å². The van der Waals surface area contributed by atoms with Crippen LogP contribution < -0.4 is 10.1 Å². The maximum atomic E-state index is 12.2. The molecule has 0 radical (unpaired) electrons. The van der Waals surface area contributed by atoms with Crippen molar-refractivity contribution in [2.24, 2.45) is 0 Å². The number of amides is 1. The smallest absolute Gasteiger partial charge is 0.261 e. The first-order valence-electron chi connectivity index (χ1n) is 7.41. The van der Waals surface area contributed by atoms with Gasteiger partial charge in [0.2, 0.25) is 0 Å². The molecule has 1 unspecified atom stereocenters. The molecule has 4 heteroatoms. The Labute approximate surface area is 120 Å². The van der Waals surface area contributed by atoms with Gasteiger partial charge in [-0.05, 0) is 31.4 Å². The number of hydrogen-bond donors (Lipinski definition) is 2. The van der Waals surface area contributed by atoms with Crippen molar-refractivity contribution in [2.45, 2.75) is 57.3 Å². The zero-order valence-corrected chi connectivity index (χ0v) is 11.9. The highest BCUT2D eigenvalue weighted by molar-refractivity contribution is 5.81. The fourth-order valence-corrected chi connectivity index (χ4v) is 2.54. The molecule has 3 atom stereocenters. The van der Waals surface area contributed by atoms with Gasteiger partial charge >= 0.3 is 0 Å². The molecule has 0 bridgehead atoms. The third kappa shape index (κ3) is 3.97. The lowest BCUT2D eigenvalue weighted by Gasteiger charge is -2.29. The maximum absolute atomic E-state index is 12.2. The van der Waals surface area contributed by atoms with E-state index in [-0.39, 0.29) is 11.9 Å². The van der Waals surface area contributed by atoms with Crippen LogP contribution in [0.15, 0.2) is 30.3 Å². The average Bonchev–Trinajstić information content (AvgIpc) is 2.48. The Morgan fingerprint density at radius 3 is 2.70 bits per heavy atom. The summed E-state index contributed by atoms with van der Waals surface area (Å²) in [6, 6.07) is 9.21. The van der Waals surface area contributed by atoms with Crippen LogP contribution in [-0.4, -0.2) is 29.3 Å². The fourth-order valence-electron chi connectivity index (χ4n) is 2.54. The first-order chi connectivity index (χ1) is 9.70. The van der Waals surface area contributed by atoms with Gasteiger partial charge in [0, 0.05) is 0 Å². The van der Waals surface area contributed by atoms with E-state index in [9.17, 15) is 9.90 Å². The average molecular weight is 277 g/mol. The second-order valence-corrected chi connectivity index (χ2v) is 5.29. The molecule has 1 amide bonds. The van der Waals surface area contributed by atoms with Gasteiger partial charge in [-0.15, -0.1) is 0 Å². The molecule has 1 aromatic rings. The SMILES string of the molecule is CCC(Oc1ccccc1)C(=O)N[C@H]1CCCC[C@@H]1O. The van der Waals surface area contributed by atoms with Crippen LogP contribution in [0, 0.1) is 0 Å². The van der Waals surface area contributed by atoms with Crippen molar-refractivity contribution in [1.29, 1.82) is 0 Å². The van der Waals surface area contributed by atoms with E-state index in [1.54, 1.807) is 0 Å². The molecule has 1 aliphatic rings.